The zero-order chi connectivity index (χ0) is 17.6. The van der Waals surface area contributed by atoms with Crippen molar-refractivity contribution in [2.24, 2.45) is 0 Å². The van der Waals surface area contributed by atoms with E-state index in [1.54, 1.807) is 0 Å². The molecule has 1 N–H and O–H groups in total. The quantitative estimate of drug-likeness (QED) is 0.914. The van der Waals surface area contributed by atoms with Gasteiger partial charge in [0, 0.05) is 69.0 Å². The molecule has 136 valence electrons. The van der Waals surface area contributed by atoms with E-state index in [9.17, 15) is 0 Å². The van der Waals surface area contributed by atoms with Gasteiger partial charge in [-0.2, -0.15) is 0 Å². The number of aryl methyl sites for hydroxylation is 1. The van der Waals surface area contributed by atoms with Crippen molar-refractivity contribution in [2.45, 2.75) is 52.4 Å². The third kappa shape index (κ3) is 3.07. The minimum Gasteiger partial charge on any atom is -0.327 e. The van der Waals surface area contributed by atoms with Gasteiger partial charge in [-0.05, 0) is 27.8 Å². The Balaban J connectivity index is 1.67. The first kappa shape index (κ1) is 16.9. The molecule has 0 amide bonds. The lowest BCUT2D eigenvalue weighted by Gasteiger charge is -2.39. The molecule has 6 nitrogen and oxygen atoms in total. The van der Waals surface area contributed by atoms with Gasteiger partial charge in [-0.25, -0.2) is 9.97 Å². The predicted octanol–water partition coefficient (Wildman–Crippen LogP) is 1.41. The zero-order valence-electron chi connectivity index (χ0n) is 15.9. The van der Waals surface area contributed by atoms with Gasteiger partial charge in [0.15, 0.2) is 5.65 Å². The van der Waals surface area contributed by atoms with Crippen LogP contribution in [0, 0.1) is 6.92 Å². The van der Waals surface area contributed by atoms with Crippen LogP contribution in [0.1, 0.15) is 30.8 Å². The molecule has 4 heterocycles. The number of hydrogen-bond acceptors (Lipinski definition) is 5. The van der Waals surface area contributed by atoms with Crippen LogP contribution in [-0.4, -0.2) is 69.6 Å². The van der Waals surface area contributed by atoms with Crippen LogP contribution >= 0.6 is 0 Å². The Labute approximate surface area is 150 Å². The molecule has 25 heavy (non-hydrogen) atoms. The molecule has 0 aromatic carbocycles. The number of likely N-dealkylation sites (N-methyl/N-ethyl adjacent to an activating group) is 1. The summed E-state index contributed by atoms with van der Waals surface area (Å²) < 4.78 is 2.45. The molecule has 0 unspecified atom stereocenters. The first-order valence-electron chi connectivity index (χ1n) is 9.53. The number of nitrogens with zero attached hydrogens (tertiary/aromatic N) is 5. The fraction of sp³-hybridized carbons (Fsp3) is 0.684. The largest absolute Gasteiger partial charge is 0.327 e. The van der Waals surface area contributed by atoms with Crippen LogP contribution in [0.15, 0.2) is 6.20 Å². The third-order valence-corrected chi connectivity index (χ3v) is 5.84. The molecule has 2 aliphatic rings. The topological polar surface area (TPSA) is 49.2 Å². The average molecular weight is 342 g/mol. The van der Waals surface area contributed by atoms with Gasteiger partial charge >= 0.3 is 0 Å². The van der Waals surface area contributed by atoms with E-state index < -0.39 is 0 Å². The number of nitrogens with one attached hydrogen (secondary N) is 1. The Morgan fingerprint density at radius 1 is 1.20 bits per heavy atom. The number of aromatic nitrogens is 3. The summed E-state index contributed by atoms with van der Waals surface area (Å²) in [6.45, 7) is 13.0. The Bertz CT molecular complexity index is 757. The first-order valence-corrected chi connectivity index (χ1v) is 9.53. The van der Waals surface area contributed by atoms with Gasteiger partial charge in [-0.3, -0.25) is 4.90 Å². The fourth-order valence-corrected chi connectivity index (χ4v) is 4.46. The monoisotopic (exact) mass is 342 g/mol. The lowest BCUT2D eigenvalue weighted by atomic mass is 10.1. The number of fused-ring (bicyclic) bond motifs is 3. The summed E-state index contributed by atoms with van der Waals surface area (Å²) in [5.74, 6) is 0. The van der Waals surface area contributed by atoms with Crippen molar-refractivity contribution in [3.8, 4) is 0 Å². The summed E-state index contributed by atoms with van der Waals surface area (Å²) in [5.41, 5.74) is 6.03. The van der Waals surface area contributed by atoms with Crippen molar-refractivity contribution in [1.82, 2.24) is 29.7 Å². The smallest absolute Gasteiger partial charge is 0.159 e. The minimum atomic E-state index is 0.584. The number of piperazine rings is 1. The molecular weight excluding hydrogens is 312 g/mol. The Morgan fingerprint density at radius 3 is 2.72 bits per heavy atom. The molecule has 1 fully saturated rings. The second-order valence-electron chi connectivity index (χ2n) is 7.84. The van der Waals surface area contributed by atoms with Gasteiger partial charge in [0.05, 0.1) is 11.9 Å². The summed E-state index contributed by atoms with van der Waals surface area (Å²) >= 11 is 0. The molecule has 2 atom stereocenters. The minimum absolute atomic E-state index is 0.584. The average Bonchev–Trinajstić information content (AvgIpc) is 2.87. The van der Waals surface area contributed by atoms with Crippen LogP contribution in [-0.2, 0) is 19.5 Å². The highest BCUT2D eigenvalue weighted by Crippen LogP contribution is 2.28. The summed E-state index contributed by atoms with van der Waals surface area (Å²) in [5, 5.41) is 3.52. The maximum absolute atomic E-state index is 4.84. The van der Waals surface area contributed by atoms with Gasteiger partial charge in [0.2, 0.25) is 0 Å². The van der Waals surface area contributed by atoms with Crippen LogP contribution in [0.3, 0.4) is 0 Å². The lowest BCUT2D eigenvalue weighted by molar-refractivity contribution is 0.112. The number of hydrogen-bond donors (Lipinski definition) is 1. The maximum Gasteiger partial charge on any atom is 0.159 e. The lowest BCUT2D eigenvalue weighted by Crippen LogP contribution is -2.55. The van der Waals surface area contributed by atoms with Crippen molar-refractivity contribution in [3.05, 3.63) is 23.1 Å². The van der Waals surface area contributed by atoms with Gasteiger partial charge < -0.3 is 14.8 Å². The van der Waals surface area contributed by atoms with Crippen LogP contribution in [0.5, 0.6) is 0 Å². The van der Waals surface area contributed by atoms with Crippen molar-refractivity contribution >= 4 is 11.2 Å². The number of rotatable bonds is 3. The molecule has 0 saturated carbocycles. The SMILES string of the molecule is Cc1cnc2c(n1)c1c(n2CCN2[C@H](C)CNC[C@H]2C)CCN(C)C1. The highest BCUT2D eigenvalue weighted by molar-refractivity contribution is 5.78. The summed E-state index contributed by atoms with van der Waals surface area (Å²) in [7, 11) is 2.19. The van der Waals surface area contributed by atoms with Gasteiger partial charge in [-0.1, -0.05) is 0 Å². The van der Waals surface area contributed by atoms with Crippen LogP contribution in [0.4, 0.5) is 0 Å². The molecule has 0 radical (unpaired) electrons. The van der Waals surface area contributed by atoms with Gasteiger partial charge in [0.1, 0.15) is 5.52 Å². The normalized spacial score (nSPS) is 25.4. The first-order chi connectivity index (χ1) is 12.0. The van der Waals surface area contributed by atoms with E-state index in [1.165, 1.54) is 11.3 Å². The highest BCUT2D eigenvalue weighted by Gasteiger charge is 2.27. The Kier molecular flexibility index (Phi) is 4.52. The predicted molar refractivity (Wildman–Crippen MR) is 101 cm³/mol. The molecule has 0 bridgehead atoms. The van der Waals surface area contributed by atoms with E-state index in [1.807, 2.05) is 13.1 Å². The Hall–Kier alpha value is -1.50. The molecular formula is C19H30N6. The van der Waals surface area contributed by atoms with E-state index in [0.29, 0.717) is 12.1 Å². The standard InChI is InChI=1S/C19H30N6/c1-13-9-21-19-18(22-13)16-12-23(4)6-5-17(16)25(19)8-7-24-14(2)10-20-11-15(24)3/h9,14-15,20H,5-8,10-12H2,1-4H3/t14-,15-/m1/s1. The zero-order valence-corrected chi connectivity index (χ0v) is 15.9. The molecule has 2 aromatic heterocycles. The van der Waals surface area contributed by atoms with Crippen LogP contribution in [0.2, 0.25) is 0 Å². The van der Waals surface area contributed by atoms with E-state index >= 15 is 0 Å². The molecule has 4 rings (SSSR count). The summed E-state index contributed by atoms with van der Waals surface area (Å²) in [6, 6.07) is 1.17. The van der Waals surface area contributed by atoms with Crippen molar-refractivity contribution in [3.63, 3.8) is 0 Å². The van der Waals surface area contributed by atoms with Crippen molar-refractivity contribution < 1.29 is 0 Å². The van der Waals surface area contributed by atoms with Crippen molar-refractivity contribution in [2.75, 3.05) is 33.2 Å². The highest BCUT2D eigenvalue weighted by atomic mass is 15.3. The van der Waals surface area contributed by atoms with E-state index in [0.717, 1.165) is 62.5 Å². The third-order valence-electron chi connectivity index (χ3n) is 5.84. The molecule has 0 spiro atoms. The molecule has 2 aromatic rings. The molecule has 6 heteroatoms. The van der Waals surface area contributed by atoms with E-state index in [4.69, 9.17) is 9.97 Å². The van der Waals surface area contributed by atoms with E-state index in [-0.39, 0.29) is 0 Å². The summed E-state index contributed by atoms with van der Waals surface area (Å²) in [4.78, 5) is 14.6. The summed E-state index contributed by atoms with van der Waals surface area (Å²) in [6.07, 6.45) is 3.00. The second-order valence-corrected chi connectivity index (χ2v) is 7.84. The van der Waals surface area contributed by atoms with Crippen LogP contribution in [0.25, 0.3) is 11.2 Å². The van der Waals surface area contributed by atoms with Crippen molar-refractivity contribution in [1.29, 1.82) is 0 Å². The van der Waals surface area contributed by atoms with Gasteiger partial charge in [0.25, 0.3) is 0 Å². The molecule has 2 aliphatic heterocycles. The van der Waals surface area contributed by atoms with Gasteiger partial charge in [-0.15, -0.1) is 0 Å². The molecule has 1 saturated heterocycles. The maximum atomic E-state index is 4.84. The fourth-order valence-electron chi connectivity index (χ4n) is 4.46. The molecule has 0 aliphatic carbocycles. The Morgan fingerprint density at radius 2 is 1.96 bits per heavy atom. The van der Waals surface area contributed by atoms with Crippen LogP contribution < -0.4 is 5.32 Å². The van der Waals surface area contributed by atoms with E-state index in [2.05, 4.69) is 40.6 Å². The second kappa shape index (κ2) is 6.67.